The zero-order valence-corrected chi connectivity index (χ0v) is 10.2. The van der Waals surface area contributed by atoms with Crippen molar-refractivity contribution in [3.63, 3.8) is 0 Å². The third-order valence-electron chi connectivity index (χ3n) is 3.79. The molecular weight excluding hydrogens is 216 g/mol. The number of nitrogens with two attached hydrogens (primary N) is 1. The molecule has 1 amide bonds. The van der Waals surface area contributed by atoms with Gasteiger partial charge in [0.15, 0.2) is 0 Å². The van der Waals surface area contributed by atoms with E-state index in [0.717, 1.165) is 31.4 Å². The van der Waals surface area contributed by atoms with Gasteiger partial charge in [-0.2, -0.15) is 0 Å². The molecule has 0 aromatic carbocycles. The van der Waals surface area contributed by atoms with Crippen LogP contribution in [0.1, 0.15) is 31.9 Å². The third-order valence-corrected chi connectivity index (χ3v) is 3.79. The minimum Gasteiger partial charge on any atom is -0.469 e. The Morgan fingerprint density at radius 2 is 2.53 bits per heavy atom. The Morgan fingerprint density at radius 1 is 1.71 bits per heavy atom. The number of carbonyl (C=O) groups excluding carboxylic acids is 1. The summed E-state index contributed by atoms with van der Waals surface area (Å²) < 4.78 is 5.21. The van der Waals surface area contributed by atoms with Gasteiger partial charge in [-0.3, -0.25) is 4.79 Å². The lowest BCUT2D eigenvalue weighted by Crippen LogP contribution is -2.47. The van der Waals surface area contributed by atoms with Crippen LogP contribution in [0.3, 0.4) is 0 Å². The lowest BCUT2D eigenvalue weighted by Gasteiger charge is -2.27. The number of furan rings is 1. The molecule has 0 aliphatic heterocycles. The fourth-order valence-corrected chi connectivity index (χ4v) is 2.43. The van der Waals surface area contributed by atoms with E-state index in [-0.39, 0.29) is 17.4 Å². The highest BCUT2D eigenvalue weighted by atomic mass is 16.3. The molecule has 17 heavy (non-hydrogen) atoms. The molecule has 3 N–H and O–H groups in total. The fraction of sp³-hybridized carbons (Fsp3) is 0.615. The van der Waals surface area contributed by atoms with E-state index >= 15 is 0 Å². The van der Waals surface area contributed by atoms with Crippen LogP contribution in [0.15, 0.2) is 22.8 Å². The van der Waals surface area contributed by atoms with Gasteiger partial charge in [0.05, 0.1) is 11.7 Å². The minimum atomic E-state index is -0.386. The second-order valence-corrected chi connectivity index (χ2v) is 5.00. The first-order valence-electron chi connectivity index (χ1n) is 6.19. The molecule has 1 heterocycles. The molecule has 0 bridgehead atoms. The van der Waals surface area contributed by atoms with Gasteiger partial charge in [0.1, 0.15) is 5.76 Å². The maximum absolute atomic E-state index is 12.1. The van der Waals surface area contributed by atoms with Gasteiger partial charge in [-0.05, 0) is 31.9 Å². The van der Waals surface area contributed by atoms with Crippen LogP contribution in [-0.2, 0) is 11.2 Å². The zero-order chi connectivity index (χ0) is 12.3. The average Bonchev–Trinajstić information content (AvgIpc) is 2.91. The van der Waals surface area contributed by atoms with Crippen LogP contribution in [0.25, 0.3) is 0 Å². The van der Waals surface area contributed by atoms with Gasteiger partial charge in [-0.1, -0.05) is 6.42 Å². The van der Waals surface area contributed by atoms with Crippen molar-refractivity contribution in [1.82, 2.24) is 5.32 Å². The zero-order valence-electron chi connectivity index (χ0n) is 10.2. The van der Waals surface area contributed by atoms with Crippen LogP contribution >= 0.6 is 0 Å². The highest BCUT2D eigenvalue weighted by molar-refractivity contribution is 5.83. The van der Waals surface area contributed by atoms with Gasteiger partial charge in [-0.25, -0.2) is 0 Å². The van der Waals surface area contributed by atoms with E-state index < -0.39 is 0 Å². The predicted molar refractivity (Wildman–Crippen MR) is 65.4 cm³/mol. The largest absolute Gasteiger partial charge is 0.469 e. The normalized spacial score (nSPS) is 28.2. The summed E-state index contributed by atoms with van der Waals surface area (Å²) in [7, 11) is 0. The maximum Gasteiger partial charge on any atom is 0.227 e. The molecule has 4 nitrogen and oxygen atoms in total. The summed E-state index contributed by atoms with van der Waals surface area (Å²) in [5.74, 6) is 0.972. The van der Waals surface area contributed by atoms with Gasteiger partial charge < -0.3 is 15.5 Å². The summed E-state index contributed by atoms with van der Waals surface area (Å²) in [6, 6.07) is 3.76. The van der Waals surface area contributed by atoms with Crippen molar-refractivity contribution in [2.75, 3.05) is 6.54 Å². The summed E-state index contributed by atoms with van der Waals surface area (Å²) in [4.78, 5) is 12.1. The van der Waals surface area contributed by atoms with Crippen LogP contribution in [0.5, 0.6) is 0 Å². The second-order valence-electron chi connectivity index (χ2n) is 5.00. The molecule has 1 aliphatic carbocycles. The van der Waals surface area contributed by atoms with E-state index in [1.165, 1.54) is 0 Å². The molecule has 94 valence electrons. The van der Waals surface area contributed by atoms with Crippen LogP contribution in [-0.4, -0.2) is 18.5 Å². The van der Waals surface area contributed by atoms with Crippen LogP contribution < -0.4 is 11.1 Å². The monoisotopic (exact) mass is 236 g/mol. The van der Waals surface area contributed by atoms with Crippen molar-refractivity contribution >= 4 is 5.91 Å². The number of amides is 1. The summed E-state index contributed by atoms with van der Waals surface area (Å²) >= 11 is 0. The van der Waals surface area contributed by atoms with Gasteiger partial charge in [0.25, 0.3) is 0 Å². The smallest absolute Gasteiger partial charge is 0.227 e. The standard InChI is InChI=1S/C13H20N2O2/c1-13(7-2-5-11(13)14)12(16)15-8-6-10-4-3-9-17-10/h3-4,9,11H,2,5-8,14H2,1H3,(H,15,16). The SMILES string of the molecule is CC1(C(=O)NCCc2ccco2)CCCC1N. The Hall–Kier alpha value is -1.29. The predicted octanol–water partition coefficient (Wildman–Crippen LogP) is 1.46. The second kappa shape index (κ2) is 4.92. The fourth-order valence-electron chi connectivity index (χ4n) is 2.43. The van der Waals surface area contributed by atoms with Crippen LogP contribution in [0.4, 0.5) is 0 Å². The van der Waals surface area contributed by atoms with Crippen molar-refractivity contribution < 1.29 is 9.21 Å². The highest BCUT2D eigenvalue weighted by Crippen LogP contribution is 2.36. The van der Waals surface area contributed by atoms with Crippen molar-refractivity contribution in [2.24, 2.45) is 11.1 Å². The molecule has 1 aromatic rings. The summed E-state index contributed by atoms with van der Waals surface area (Å²) in [6.07, 6.45) is 5.25. The minimum absolute atomic E-state index is 0.00823. The highest BCUT2D eigenvalue weighted by Gasteiger charge is 2.42. The molecule has 1 aromatic heterocycles. The van der Waals surface area contributed by atoms with Crippen molar-refractivity contribution in [3.8, 4) is 0 Å². The lowest BCUT2D eigenvalue weighted by molar-refractivity contribution is -0.130. The molecule has 1 saturated carbocycles. The number of nitrogens with one attached hydrogen (secondary N) is 1. The number of rotatable bonds is 4. The topological polar surface area (TPSA) is 68.3 Å². The third kappa shape index (κ3) is 2.52. The molecular formula is C13H20N2O2. The molecule has 1 fully saturated rings. The van der Waals surface area contributed by atoms with E-state index in [0.29, 0.717) is 6.54 Å². The number of carbonyl (C=O) groups is 1. The Kier molecular flexibility index (Phi) is 3.52. The van der Waals surface area contributed by atoms with Crippen molar-refractivity contribution in [1.29, 1.82) is 0 Å². The average molecular weight is 236 g/mol. The Balaban J connectivity index is 1.81. The molecule has 1 aliphatic rings. The Labute approximate surface area is 102 Å². The van der Waals surface area contributed by atoms with Gasteiger partial charge >= 0.3 is 0 Å². The molecule has 2 unspecified atom stereocenters. The first kappa shape index (κ1) is 12.2. The Morgan fingerprint density at radius 3 is 3.12 bits per heavy atom. The van der Waals surface area contributed by atoms with E-state index in [2.05, 4.69) is 5.32 Å². The quantitative estimate of drug-likeness (QED) is 0.831. The Bertz CT molecular complexity index is 375. The van der Waals surface area contributed by atoms with Crippen LogP contribution in [0, 0.1) is 5.41 Å². The number of hydrogen-bond acceptors (Lipinski definition) is 3. The molecule has 2 rings (SSSR count). The molecule has 2 atom stereocenters. The molecule has 0 spiro atoms. The van der Waals surface area contributed by atoms with Gasteiger partial charge in [-0.15, -0.1) is 0 Å². The first-order valence-corrected chi connectivity index (χ1v) is 6.19. The van der Waals surface area contributed by atoms with E-state index in [4.69, 9.17) is 10.2 Å². The first-order chi connectivity index (χ1) is 8.13. The number of hydrogen-bond donors (Lipinski definition) is 2. The van der Waals surface area contributed by atoms with Gasteiger partial charge in [0.2, 0.25) is 5.91 Å². The lowest BCUT2D eigenvalue weighted by atomic mass is 9.84. The maximum atomic E-state index is 12.1. The van der Waals surface area contributed by atoms with Crippen LogP contribution in [0.2, 0.25) is 0 Å². The summed E-state index contributed by atoms with van der Waals surface area (Å²) in [5.41, 5.74) is 5.62. The van der Waals surface area contributed by atoms with E-state index in [9.17, 15) is 4.79 Å². The van der Waals surface area contributed by atoms with Gasteiger partial charge in [0, 0.05) is 19.0 Å². The molecule has 4 heteroatoms. The summed E-state index contributed by atoms with van der Waals surface area (Å²) in [5, 5.41) is 2.95. The molecule has 0 saturated heterocycles. The summed E-state index contributed by atoms with van der Waals surface area (Å²) in [6.45, 7) is 2.57. The van der Waals surface area contributed by atoms with Crippen molar-refractivity contribution in [2.45, 2.75) is 38.6 Å². The van der Waals surface area contributed by atoms with E-state index in [1.54, 1.807) is 6.26 Å². The molecule has 0 radical (unpaired) electrons. The van der Waals surface area contributed by atoms with E-state index in [1.807, 2.05) is 19.1 Å². The van der Waals surface area contributed by atoms with Crippen molar-refractivity contribution in [3.05, 3.63) is 24.2 Å².